The van der Waals surface area contributed by atoms with Gasteiger partial charge in [-0.25, -0.2) is 12.7 Å². The molecule has 1 saturated heterocycles. The minimum atomic E-state index is -3.30. The molecule has 1 atom stereocenters. The van der Waals surface area contributed by atoms with Crippen LogP contribution in [0.3, 0.4) is 0 Å². The first-order valence-electron chi connectivity index (χ1n) is 10.2. The molecule has 0 radical (unpaired) electrons. The molecule has 0 unspecified atom stereocenters. The molecule has 156 valence electrons. The first kappa shape index (κ1) is 21.5. The summed E-state index contributed by atoms with van der Waals surface area (Å²) >= 11 is 0. The summed E-state index contributed by atoms with van der Waals surface area (Å²) in [5.41, 5.74) is 4.67. The zero-order chi connectivity index (χ0) is 21.0. The molecular weight excluding hydrogens is 384 g/mol. The zero-order valence-corrected chi connectivity index (χ0v) is 18.3. The summed E-state index contributed by atoms with van der Waals surface area (Å²) in [6, 6.07) is 13.0. The molecule has 3 rings (SSSR count). The van der Waals surface area contributed by atoms with E-state index in [1.54, 1.807) is 28.6 Å². The van der Waals surface area contributed by atoms with Crippen molar-refractivity contribution in [2.45, 2.75) is 51.8 Å². The highest BCUT2D eigenvalue weighted by Gasteiger charge is 2.24. The Morgan fingerprint density at radius 2 is 1.69 bits per heavy atom. The summed E-state index contributed by atoms with van der Waals surface area (Å²) in [6.45, 7) is 7.28. The van der Waals surface area contributed by atoms with Gasteiger partial charge in [0.2, 0.25) is 10.0 Å². The van der Waals surface area contributed by atoms with E-state index >= 15 is 0 Å². The van der Waals surface area contributed by atoms with Crippen LogP contribution in [0.15, 0.2) is 42.5 Å². The summed E-state index contributed by atoms with van der Waals surface area (Å²) in [6.07, 6.45) is 2.95. The Bertz CT molecular complexity index is 962. The fourth-order valence-corrected chi connectivity index (χ4v) is 5.48. The van der Waals surface area contributed by atoms with Crippen LogP contribution in [0, 0.1) is 13.8 Å². The molecule has 1 amide bonds. The lowest BCUT2D eigenvalue weighted by molar-refractivity contribution is 0.0940. The third kappa shape index (κ3) is 5.46. The van der Waals surface area contributed by atoms with E-state index in [1.165, 1.54) is 5.56 Å². The number of nitrogens with one attached hydrogen (secondary N) is 1. The Labute approximate surface area is 174 Å². The van der Waals surface area contributed by atoms with Crippen molar-refractivity contribution in [3.63, 3.8) is 0 Å². The molecule has 0 aliphatic carbocycles. The topological polar surface area (TPSA) is 66.5 Å². The van der Waals surface area contributed by atoms with Crippen LogP contribution in [0.2, 0.25) is 0 Å². The van der Waals surface area contributed by atoms with E-state index in [-0.39, 0.29) is 17.7 Å². The molecule has 1 aliphatic heterocycles. The summed E-state index contributed by atoms with van der Waals surface area (Å²) < 4.78 is 26.7. The van der Waals surface area contributed by atoms with Crippen LogP contribution >= 0.6 is 0 Å². The zero-order valence-electron chi connectivity index (χ0n) is 17.4. The molecule has 6 heteroatoms. The molecule has 29 heavy (non-hydrogen) atoms. The Hall–Kier alpha value is -2.18. The van der Waals surface area contributed by atoms with E-state index in [4.69, 9.17) is 0 Å². The molecule has 1 heterocycles. The number of carbonyl (C=O) groups is 1. The van der Waals surface area contributed by atoms with Gasteiger partial charge in [0, 0.05) is 18.7 Å². The lowest BCUT2D eigenvalue weighted by Gasteiger charge is -2.25. The number of aryl methyl sites for hydroxylation is 2. The molecule has 0 spiro atoms. The standard InChI is InChI=1S/C23H30N2O3S/c1-17-7-12-22(18(2)15-17)19(3)24-23(26)21-10-8-20(9-11-21)16-29(27,28)25-13-5-4-6-14-25/h7-12,15,19H,4-6,13-14,16H2,1-3H3,(H,24,26)/t19-/m1/s1. The second-order valence-electron chi connectivity index (χ2n) is 7.97. The second-order valence-corrected chi connectivity index (χ2v) is 9.94. The molecule has 1 aliphatic rings. The highest BCUT2D eigenvalue weighted by atomic mass is 32.2. The Balaban J connectivity index is 1.64. The first-order chi connectivity index (χ1) is 13.8. The van der Waals surface area contributed by atoms with E-state index in [0.717, 1.165) is 30.4 Å². The van der Waals surface area contributed by atoms with Crippen molar-refractivity contribution >= 4 is 15.9 Å². The van der Waals surface area contributed by atoms with Gasteiger partial charge >= 0.3 is 0 Å². The maximum absolute atomic E-state index is 12.6. The fourth-order valence-electron chi connectivity index (χ4n) is 3.87. The third-order valence-corrected chi connectivity index (χ3v) is 7.36. The van der Waals surface area contributed by atoms with Crippen molar-refractivity contribution in [2.75, 3.05) is 13.1 Å². The van der Waals surface area contributed by atoms with Crippen molar-refractivity contribution in [3.05, 3.63) is 70.3 Å². The monoisotopic (exact) mass is 414 g/mol. The number of hydrogen-bond acceptors (Lipinski definition) is 3. The lowest BCUT2D eigenvalue weighted by atomic mass is 10.00. The molecule has 0 saturated carbocycles. The van der Waals surface area contributed by atoms with Crippen LogP contribution in [-0.4, -0.2) is 31.7 Å². The van der Waals surface area contributed by atoms with E-state index in [0.29, 0.717) is 24.2 Å². The van der Waals surface area contributed by atoms with Gasteiger partial charge in [0.05, 0.1) is 11.8 Å². The first-order valence-corrected chi connectivity index (χ1v) is 11.8. The summed E-state index contributed by atoms with van der Waals surface area (Å²) in [5.74, 6) is -0.184. The number of nitrogens with zero attached hydrogens (tertiary/aromatic N) is 1. The number of sulfonamides is 1. The molecule has 1 N–H and O–H groups in total. The number of benzene rings is 2. The quantitative estimate of drug-likeness (QED) is 0.773. The van der Waals surface area contributed by atoms with Crippen LogP contribution in [0.5, 0.6) is 0 Å². The molecule has 2 aromatic carbocycles. The minimum Gasteiger partial charge on any atom is -0.346 e. The molecule has 1 fully saturated rings. The molecular formula is C23H30N2O3S. The summed E-state index contributed by atoms with van der Waals surface area (Å²) in [4.78, 5) is 12.6. The fraction of sp³-hybridized carbons (Fsp3) is 0.435. The van der Waals surface area contributed by atoms with E-state index < -0.39 is 10.0 Å². The number of amides is 1. The number of piperidine rings is 1. The number of carbonyl (C=O) groups excluding carboxylic acids is 1. The van der Waals surface area contributed by atoms with Crippen LogP contribution in [0.1, 0.15) is 64.8 Å². The number of hydrogen-bond donors (Lipinski definition) is 1. The van der Waals surface area contributed by atoms with Gasteiger partial charge in [-0.05, 0) is 62.4 Å². The van der Waals surface area contributed by atoms with Crippen molar-refractivity contribution < 1.29 is 13.2 Å². The van der Waals surface area contributed by atoms with Crippen LogP contribution in [-0.2, 0) is 15.8 Å². The molecule has 0 bridgehead atoms. The van der Waals surface area contributed by atoms with Crippen LogP contribution in [0.25, 0.3) is 0 Å². The van der Waals surface area contributed by atoms with Crippen molar-refractivity contribution in [3.8, 4) is 0 Å². The van der Waals surface area contributed by atoms with Crippen LogP contribution in [0.4, 0.5) is 0 Å². The smallest absolute Gasteiger partial charge is 0.251 e. The van der Waals surface area contributed by atoms with Crippen molar-refractivity contribution in [1.82, 2.24) is 9.62 Å². The van der Waals surface area contributed by atoms with Gasteiger partial charge in [-0.2, -0.15) is 0 Å². The van der Waals surface area contributed by atoms with E-state index in [2.05, 4.69) is 11.4 Å². The van der Waals surface area contributed by atoms with Crippen LogP contribution < -0.4 is 5.32 Å². The average molecular weight is 415 g/mol. The molecule has 5 nitrogen and oxygen atoms in total. The highest BCUT2D eigenvalue weighted by molar-refractivity contribution is 7.88. The predicted octanol–water partition coefficient (Wildman–Crippen LogP) is 4.11. The Morgan fingerprint density at radius 3 is 2.31 bits per heavy atom. The van der Waals surface area contributed by atoms with Crippen molar-refractivity contribution in [2.24, 2.45) is 0 Å². The minimum absolute atomic E-state index is 0.0200. The molecule has 0 aromatic heterocycles. The van der Waals surface area contributed by atoms with Gasteiger partial charge in [-0.1, -0.05) is 42.3 Å². The normalized spacial score (nSPS) is 16.4. The maximum Gasteiger partial charge on any atom is 0.251 e. The van der Waals surface area contributed by atoms with E-state index in [1.807, 2.05) is 32.9 Å². The van der Waals surface area contributed by atoms with E-state index in [9.17, 15) is 13.2 Å². The van der Waals surface area contributed by atoms with Gasteiger partial charge in [0.1, 0.15) is 0 Å². The maximum atomic E-state index is 12.6. The van der Waals surface area contributed by atoms with Gasteiger partial charge < -0.3 is 5.32 Å². The van der Waals surface area contributed by atoms with Gasteiger partial charge in [-0.3, -0.25) is 4.79 Å². The third-order valence-electron chi connectivity index (χ3n) is 5.51. The van der Waals surface area contributed by atoms with Gasteiger partial charge in [0.25, 0.3) is 5.91 Å². The molecule has 2 aromatic rings. The Morgan fingerprint density at radius 1 is 1.03 bits per heavy atom. The average Bonchev–Trinajstić information content (AvgIpc) is 2.68. The van der Waals surface area contributed by atoms with Gasteiger partial charge in [0.15, 0.2) is 0 Å². The lowest BCUT2D eigenvalue weighted by Crippen LogP contribution is -2.36. The summed E-state index contributed by atoms with van der Waals surface area (Å²) in [7, 11) is -3.30. The second kappa shape index (κ2) is 9.09. The Kier molecular flexibility index (Phi) is 6.75. The summed E-state index contributed by atoms with van der Waals surface area (Å²) in [5, 5.41) is 3.03. The number of rotatable bonds is 6. The van der Waals surface area contributed by atoms with Gasteiger partial charge in [-0.15, -0.1) is 0 Å². The van der Waals surface area contributed by atoms with Crippen molar-refractivity contribution in [1.29, 1.82) is 0 Å². The largest absolute Gasteiger partial charge is 0.346 e. The highest BCUT2D eigenvalue weighted by Crippen LogP contribution is 2.20. The SMILES string of the molecule is Cc1ccc([C@@H](C)NC(=O)c2ccc(CS(=O)(=O)N3CCCCC3)cc2)c(C)c1. The predicted molar refractivity (Wildman–Crippen MR) is 116 cm³/mol.